The van der Waals surface area contributed by atoms with Gasteiger partial charge in [0, 0.05) is 17.1 Å². The van der Waals surface area contributed by atoms with E-state index in [2.05, 4.69) is 26.3 Å². The van der Waals surface area contributed by atoms with Crippen LogP contribution in [0.15, 0.2) is 30.6 Å². The lowest BCUT2D eigenvalue weighted by Crippen LogP contribution is -2.44. The normalized spacial score (nSPS) is 11.7. The summed E-state index contributed by atoms with van der Waals surface area (Å²) in [6.07, 6.45) is 3.41. The van der Waals surface area contributed by atoms with E-state index in [1.54, 1.807) is 10.7 Å². The molecule has 0 saturated heterocycles. The summed E-state index contributed by atoms with van der Waals surface area (Å²) >= 11 is 3.38. The highest BCUT2D eigenvalue weighted by molar-refractivity contribution is 9.09. The fourth-order valence-electron chi connectivity index (χ4n) is 1.52. The maximum absolute atomic E-state index is 12.1. The summed E-state index contributed by atoms with van der Waals surface area (Å²) in [5.74, 6) is -0.101. The van der Waals surface area contributed by atoms with Crippen molar-refractivity contribution >= 4 is 27.4 Å². The highest BCUT2D eigenvalue weighted by Gasteiger charge is 2.21. The molecule has 1 N–H and O–H groups in total. The molecule has 0 fully saturated rings. The average molecular weight is 296 g/mol. The lowest BCUT2D eigenvalue weighted by atomic mass is 10.1. The molecule has 2 rings (SSSR count). The molecule has 2 aromatic rings. The second kappa shape index (κ2) is 4.49. The number of pyridine rings is 1. The number of alkyl halides is 1. The Balaban J connectivity index is 2.31. The fraction of sp³-hybridized carbons (Fsp3) is 0.333. The molecule has 4 nitrogen and oxygen atoms in total. The second-order valence-corrected chi connectivity index (χ2v) is 5.12. The van der Waals surface area contributed by atoms with Gasteiger partial charge in [0.05, 0.1) is 17.3 Å². The van der Waals surface area contributed by atoms with Crippen LogP contribution in [0.3, 0.4) is 0 Å². The first-order chi connectivity index (χ1) is 8.03. The zero-order valence-electron chi connectivity index (χ0n) is 9.77. The molecule has 90 valence electrons. The largest absolute Gasteiger partial charge is 0.346 e. The first-order valence-electron chi connectivity index (χ1n) is 5.34. The summed E-state index contributed by atoms with van der Waals surface area (Å²) in [5, 5.41) is 7.80. The SMILES string of the molecule is CC(C)(CBr)NC(=O)c1cnn2ccccc12. The summed E-state index contributed by atoms with van der Waals surface area (Å²) in [5.41, 5.74) is 1.13. The van der Waals surface area contributed by atoms with E-state index in [9.17, 15) is 4.79 Å². The van der Waals surface area contributed by atoms with Gasteiger partial charge in [0.25, 0.3) is 5.91 Å². The molecule has 1 amide bonds. The van der Waals surface area contributed by atoms with E-state index in [-0.39, 0.29) is 11.4 Å². The zero-order valence-corrected chi connectivity index (χ0v) is 11.4. The highest BCUT2D eigenvalue weighted by atomic mass is 79.9. The van der Waals surface area contributed by atoms with Gasteiger partial charge in [0.2, 0.25) is 0 Å². The number of hydrogen-bond donors (Lipinski definition) is 1. The molecule has 0 unspecified atom stereocenters. The van der Waals surface area contributed by atoms with E-state index in [1.165, 1.54) is 0 Å². The van der Waals surface area contributed by atoms with Crippen molar-refractivity contribution in [1.29, 1.82) is 0 Å². The molecular weight excluding hydrogens is 282 g/mol. The molecule has 0 aliphatic heterocycles. The quantitative estimate of drug-likeness (QED) is 0.883. The summed E-state index contributed by atoms with van der Waals surface area (Å²) < 4.78 is 1.69. The average Bonchev–Trinajstić information content (AvgIpc) is 2.72. The van der Waals surface area contributed by atoms with E-state index < -0.39 is 0 Å². The number of fused-ring (bicyclic) bond motifs is 1. The van der Waals surface area contributed by atoms with Crippen molar-refractivity contribution in [2.75, 3.05) is 5.33 Å². The molecule has 2 aromatic heterocycles. The lowest BCUT2D eigenvalue weighted by molar-refractivity contribution is 0.0923. The molecule has 0 aliphatic carbocycles. The predicted octanol–water partition coefficient (Wildman–Crippen LogP) is 2.24. The van der Waals surface area contributed by atoms with Crippen LogP contribution < -0.4 is 5.32 Å². The summed E-state index contributed by atoms with van der Waals surface area (Å²) in [6.45, 7) is 3.93. The minimum absolute atomic E-state index is 0.101. The third-order valence-corrected chi connectivity index (χ3v) is 3.86. The van der Waals surface area contributed by atoms with E-state index in [1.807, 2.05) is 38.2 Å². The van der Waals surface area contributed by atoms with Crippen LogP contribution in [-0.2, 0) is 0 Å². The van der Waals surface area contributed by atoms with Crippen LogP contribution in [0.4, 0.5) is 0 Å². The first kappa shape index (κ1) is 12.1. The number of halogens is 1. The molecule has 0 aromatic carbocycles. The Hall–Kier alpha value is -1.36. The van der Waals surface area contributed by atoms with Gasteiger partial charge in [0.1, 0.15) is 0 Å². The van der Waals surface area contributed by atoms with E-state index in [4.69, 9.17) is 0 Å². The summed E-state index contributed by atoms with van der Waals surface area (Å²) in [4.78, 5) is 12.1. The molecule has 0 bridgehead atoms. The number of carbonyl (C=O) groups excluding carboxylic acids is 1. The van der Waals surface area contributed by atoms with Crippen molar-refractivity contribution in [2.24, 2.45) is 0 Å². The van der Waals surface area contributed by atoms with Gasteiger partial charge in [-0.25, -0.2) is 4.52 Å². The molecule has 17 heavy (non-hydrogen) atoms. The number of nitrogens with zero attached hydrogens (tertiary/aromatic N) is 2. The van der Waals surface area contributed by atoms with Gasteiger partial charge >= 0.3 is 0 Å². The van der Waals surface area contributed by atoms with Gasteiger partial charge in [0.15, 0.2) is 0 Å². The Morgan fingerprint density at radius 2 is 2.29 bits per heavy atom. The van der Waals surface area contributed by atoms with Gasteiger partial charge in [-0.1, -0.05) is 22.0 Å². The second-order valence-electron chi connectivity index (χ2n) is 4.56. The Morgan fingerprint density at radius 1 is 1.53 bits per heavy atom. The number of aromatic nitrogens is 2. The highest BCUT2D eigenvalue weighted by Crippen LogP contribution is 2.13. The summed E-state index contributed by atoms with van der Waals surface area (Å²) in [7, 11) is 0. The molecule has 0 spiro atoms. The molecule has 0 radical (unpaired) electrons. The van der Waals surface area contributed by atoms with Crippen LogP contribution in [0.5, 0.6) is 0 Å². The van der Waals surface area contributed by atoms with E-state index in [0.29, 0.717) is 10.9 Å². The third-order valence-electron chi connectivity index (χ3n) is 2.46. The van der Waals surface area contributed by atoms with Crippen molar-refractivity contribution < 1.29 is 4.79 Å². The number of rotatable bonds is 3. The van der Waals surface area contributed by atoms with Gasteiger partial charge in [-0.2, -0.15) is 5.10 Å². The van der Waals surface area contributed by atoms with Crippen LogP contribution in [0.1, 0.15) is 24.2 Å². The predicted molar refractivity (Wildman–Crippen MR) is 70.5 cm³/mol. The van der Waals surface area contributed by atoms with Crippen molar-refractivity contribution in [1.82, 2.24) is 14.9 Å². The van der Waals surface area contributed by atoms with Crippen LogP contribution in [0, 0.1) is 0 Å². The van der Waals surface area contributed by atoms with Gasteiger partial charge < -0.3 is 5.32 Å². The number of hydrogen-bond acceptors (Lipinski definition) is 2. The molecule has 0 atom stereocenters. The fourth-order valence-corrected chi connectivity index (χ4v) is 1.66. The van der Waals surface area contributed by atoms with Crippen molar-refractivity contribution in [3.63, 3.8) is 0 Å². The Kier molecular flexibility index (Phi) is 3.19. The van der Waals surface area contributed by atoms with Crippen LogP contribution in [0.2, 0.25) is 0 Å². The third kappa shape index (κ3) is 2.49. The molecule has 0 aliphatic rings. The van der Waals surface area contributed by atoms with Crippen molar-refractivity contribution in [2.45, 2.75) is 19.4 Å². The summed E-state index contributed by atoms with van der Waals surface area (Å²) in [6, 6.07) is 5.65. The van der Waals surface area contributed by atoms with Gasteiger partial charge in [-0.05, 0) is 26.0 Å². The Labute approximate surface area is 108 Å². The van der Waals surface area contributed by atoms with E-state index in [0.717, 1.165) is 5.52 Å². The van der Waals surface area contributed by atoms with Crippen molar-refractivity contribution in [3.05, 3.63) is 36.2 Å². The van der Waals surface area contributed by atoms with Crippen LogP contribution in [0.25, 0.3) is 5.52 Å². The standard InChI is InChI=1S/C12H14BrN3O/c1-12(2,8-13)15-11(17)9-7-14-16-6-4-3-5-10(9)16/h3-7H,8H2,1-2H3,(H,15,17). The first-order valence-corrected chi connectivity index (χ1v) is 6.46. The molecule has 0 saturated carbocycles. The maximum atomic E-state index is 12.1. The minimum Gasteiger partial charge on any atom is -0.346 e. The Bertz CT molecular complexity index is 547. The molecule has 5 heteroatoms. The smallest absolute Gasteiger partial charge is 0.255 e. The van der Waals surface area contributed by atoms with Gasteiger partial charge in [-0.3, -0.25) is 4.79 Å². The monoisotopic (exact) mass is 295 g/mol. The van der Waals surface area contributed by atoms with Gasteiger partial charge in [-0.15, -0.1) is 0 Å². The Morgan fingerprint density at radius 3 is 3.00 bits per heavy atom. The zero-order chi connectivity index (χ0) is 12.5. The topological polar surface area (TPSA) is 46.4 Å². The number of amides is 1. The minimum atomic E-state index is -0.278. The molecular formula is C12H14BrN3O. The van der Waals surface area contributed by atoms with Crippen molar-refractivity contribution in [3.8, 4) is 0 Å². The number of nitrogens with one attached hydrogen (secondary N) is 1. The van der Waals surface area contributed by atoms with E-state index >= 15 is 0 Å². The number of carbonyl (C=O) groups is 1. The van der Waals surface area contributed by atoms with Crippen LogP contribution in [-0.4, -0.2) is 26.4 Å². The lowest BCUT2D eigenvalue weighted by Gasteiger charge is -2.23. The van der Waals surface area contributed by atoms with Crippen LogP contribution >= 0.6 is 15.9 Å². The molecule has 2 heterocycles. The maximum Gasteiger partial charge on any atom is 0.255 e.